The summed E-state index contributed by atoms with van der Waals surface area (Å²) in [6, 6.07) is 0. The molecular weight excluding hydrogens is 378 g/mol. The fourth-order valence-corrected chi connectivity index (χ4v) is 5.49. The van der Waals surface area contributed by atoms with Gasteiger partial charge in [0.1, 0.15) is 10.7 Å². The first kappa shape index (κ1) is 21.0. The van der Waals surface area contributed by atoms with Gasteiger partial charge in [-0.05, 0) is 48.5 Å². The molecule has 156 valence electrons. The Kier molecular flexibility index (Phi) is 5.46. The zero-order valence-corrected chi connectivity index (χ0v) is 18.7. The van der Waals surface area contributed by atoms with Crippen LogP contribution in [0.25, 0.3) is 0 Å². The van der Waals surface area contributed by atoms with E-state index >= 15 is 0 Å². The lowest BCUT2D eigenvalue weighted by Crippen LogP contribution is -2.48. The molecule has 0 amide bonds. The highest BCUT2D eigenvalue weighted by Gasteiger charge is 2.34. The van der Waals surface area contributed by atoms with E-state index in [1.54, 1.807) is 15.9 Å². The molecule has 1 aliphatic heterocycles. The lowest BCUT2D eigenvalue weighted by molar-refractivity contribution is 0.167. The molecule has 3 heterocycles. The molecule has 3 rings (SSSR count). The van der Waals surface area contributed by atoms with Gasteiger partial charge in [0.05, 0.1) is 29.2 Å². The minimum atomic E-state index is -3.58. The predicted molar refractivity (Wildman–Crippen MR) is 107 cm³/mol. The van der Waals surface area contributed by atoms with Crippen molar-refractivity contribution in [2.75, 3.05) is 26.2 Å². The van der Waals surface area contributed by atoms with Crippen LogP contribution in [0.15, 0.2) is 9.31 Å². The fraction of sp³-hybridized carbons (Fsp3) is 0.684. The van der Waals surface area contributed by atoms with Gasteiger partial charge in [0.25, 0.3) is 0 Å². The summed E-state index contributed by atoms with van der Waals surface area (Å²) < 4.78 is 35.6. The molecular formula is C19H31N5O3S. The molecule has 1 fully saturated rings. The molecule has 0 aromatic carbocycles. The molecule has 8 nitrogen and oxygen atoms in total. The van der Waals surface area contributed by atoms with E-state index in [0.717, 1.165) is 11.5 Å². The predicted octanol–water partition coefficient (Wildman–Crippen LogP) is 2.37. The van der Waals surface area contributed by atoms with E-state index in [1.165, 1.54) is 0 Å². The molecule has 0 spiro atoms. The van der Waals surface area contributed by atoms with E-state index in [-0.39, 0.29) is 5.54 Å². The average Bonchev–Trinajstić information content (AvgIpc) is 3.06. The Morgan fingerprint density at radius 1 is 1.00 bits per heavy atom. The summed E-state index contributed by atoms with van der Waals surface area (Å²) in [4.78, 5) is 6.94. The molecule has 9 heteroatoms. The van der Waals surface area contributed by atoms with Crippen molar-refractivity contribution in [1.29, 1.82) is 0 Å². The van der Waals surface area contributed by atoms with Crippen molar-refractivity contribution in [2.45, 2.75) is 65.4 Å². The number of hydrogen-bond acceptors (Lipinski definition) is 6. The average molecular weight is 410 g/mol. The SMILES string of the molecule is Cc1nc(CN2CCN(S(=O)(=O)c3c(C)nn(C(C)(C)C)c3C)CC2)oc1C. The molecule has 1 saturated heterocycles. The van der Waals surface area contributed by atoms with Crippen LogP contribution in [0.2, 0.25) is 0 Å². The van der Waals surface area contributed by atoms with E-state index in [4.69, 9.17) is 4.42 Å². The topological polar surface area (TPSA) is 84.5 Å². The summed E-state index contributed by atoms with van der Waals surface area (Å²) in [5.74, 6) is 1.52. The first-order valence-corrected chi connectivity index (χ1v) is 11.1. The molecule has 0 saturated carbocycles. The van der Waals surface area contributed by atoms with Crippen molar-refractivity contribution in [3.05, 3.63) is 28.7 Å². The van der Waals surface area contributed by atoms with Gasteiger partial charge in [-0.2, -0.15) is 9.40 Å². The first-order chi connectivity index (χ1) is 12.9. The lowest BCUT2D eigenvalue weighted by atomic mass is 10.1. The van der Waals surface area contributed by atoms with E-state index in [2.05, 4.69) is 15.0 Å². The van der Waals surface area contributed by atoms with Gasteiger partial charge < -0.3 is 4.42 Å². The molecule has 0 aliphatic carbocycles. The maximum absolute atomic E-state index is 13.3. The second-order valence-corrected chi connectivity index (χ2v) is 10.4. The third-order valence-corrected chi connectivity index (χ3v) is 7.37. The molecule has 0 atom stereocenters. The van der Waals surface area contributed by atoms with Crippen LogP contribution < -0.4 is 0 Å². The zero-order valence-electron chi connectivity index (χ0n) is 17.9. The number of aryl methyl sites for hydroxylation is 3. The van der Waals surface area contributed by atoms with Crippen LogP contribution in [0, 0.1) is 27.7 Å². The van der Waals surface area contributed by atoms with E-state index in [1.807, 2.05) is 41.5 Å². The van der Waals surface area contributed by atoms with Gasteiger partial charge in [0, 0.05) is 26.2 Å². The van der Waals surface area contributed by atoms with Crippen molar-refractivity contribution in [3.8, 4) is 0 Å². The number of rotatable bonds is 4. The summed E-state index contributed by atoms with van der Waals surface area (Å²) in [6.07, 6.45) is 0. The monoisotopic (exact) mass is 409 g/mol. The van der Waals surface area contributed by atoms with Gasteiger partial charge in [-0.1, -0.05) is 0 Å². The van der Waals surface area contributed by atoms with E-state index < -0.39 is 10.0 Å². The third-order valence-electron chi connectivity index (χ3n) is 5.22. The first-order valence-electron chi connectivity index (χ1n) is 9.63. The van der Waals surface area contributed by atoms with Gasteiger partial charge in [-0.15, -0.1) is 0 Å². The van der Waals surface area contributed by atoms with Crippen LogP contribution in [0.5, 0.6) is 0 Å². The van der Waals surface area contributed by atoms with Crippen molar-refractivity contribution in [3.63, 3.8) is 0 Å². The normalized spacial score (nSPS) is 17.4. The minimum Gasteiger partial charge on any atom is -0.444 e. The number of nitrogens with zero attached hydrogens (tertiary/aromatic N) is 5. The largest absolute Gasteiger partial charge is 0.444 e. The van der Waals surface area contributed by atoms with Crippen LogP contribution in [-0.4, -0.2) is 58.6 Å². The second kappa shape index (κ2) is 7.27. The van der Waals surface area contributed by atoms with Crippen LogP contribution in [0.4, 0.5) is 0 Å². The van der Waals surface area contributed by atoms with Crippen LogP contribution >= 0.6 is 0 Å². The van der Waals surface area contributed by atoms with Gasteiger partial charge in [0.15, 0.2) is 0 Å². The Morgan fingerprint density at radius 2 is 1.61 bits per heavy atom. The second-order valence-electron chi connectivity index (χ2n) is 8.51. The quantitative estimate of drug-likeness (QED) is 0.771. The Morgan fingerprint density at radius 3 is 2.07 bits per heavy atom. The number of sulfonamides is 1. The highest BCUT2D eigenvalue weighted by molar-refractivity contribution is 7.89. The highest BCUT2D eigenvalue weighted by Crippen LogP contribution is 2.28. The van der Waals surface area contributed by atoms with Crippen LogP contribution in [0.3, 0.4) is 0 Å². The smallest absolute Gasteiger partial charge is 0.246 e. The number of oxazole rings is 1. The minimum absolute atomic E-state index is 0.270. The molecule has 28 heavy (non-hydrogen) atoms. The van der Waals surface area contributed by atoms with Crippen LogP contribution in [-0.2, 0) is 22.1 Å². The zero-order chi connectivity index (χ0) is 20.9. The van der Waals surface area contributed by atoms with Gasteiger partial charge in [-0.3, -0.25) is 9.58 Å². The molecule has 0 N–H and O–H groups in total. The molecule has 1 aliphatic rings. The lowest BCUT2D eigenvalue weighted by Gasteiger charge is -2.33. The van der Waals surface area contributed by atoms with Gasteiger partial charge in [-0.25, -0.2) is 13.4 Å². The van der Waals surface area contributed by atoms with Gasteiger partial charge in [0.2, 0.25) is 15.9 Å². The Balaban J connectivity index is 1.74. The number of piperazine rings is 1. The van der Waals surface area contributed by atoms with Gasteiger partial charge >= 0.3 is 0 Å². The summed E-state index contributed by atoms with van der Waals surface area (Å²) in [6.45, 7) is 16.3. The Hall–Kier alpha value is -1.71. The maximum atomic E-state index is 13.3. The Bertz CT molecular complexity index is 941. The standard InChI is InChI=1S/C19H31N5O3S/c1-13-16(4)27-17(20-13)12-22-8-10-23(11-9-22)28(25,26)18-14(2)21-24(15(18)3)19(5,6)7/h8-12H2,1-7H3. The highest BCUT2D eigenvalue weighted by atomic mass is 32.2. The number of aromatic nitrogens is 3. The molecule has 0 unspecified atom stereocenters. The summed E-state index contributed by atoms with van der Waals surface area (Å²) in [5, 5.41) is 4.50. The summed E-state index contributed by atoms with van der Waals surface area (Å²) in [5.41, 5.74) is 1.88. The van der Waals surface area contributed by atoms with E-state index in [0.29, 0.717) is 54.9 Å². The van der Waals surface area contributed by atoms with Crippen LogP contribution in [0.1, 0.15) is 49.5 Å². The number of hydrogen-bond donors (Lipinski definition) is 0. The molecule has 2 aromatic heterocycles. The fourth-order valence-electron chi connectivity index (χ4n) is 3.71. The summed E-state index contributed by atoms with van der Waals surface area (Å²) in [7, 11) is -3.58. The third kappa shape index (κ3) is 3.88. The Labute approximate surface area is 167 Å². The molecule has 2 aromatic rings. The van der Waals surface area contributed by atoms with Crippen molar-refractivity contribution >= 4 is 10.0 Å². The molecule has 0 bridgehead atoms. The van der Waals surface area contributed by atoms with E-state index in [9.17, 15) is 8.42 Å². The summed E-state index contributed by atoms with van der Waals surface area (Å²) >= 11 is 0. The van der Waals surface area contributed by atoms with Crippen molar-refractivity contribution < 1.29 is 12.8 Å². The molecule has 0 radical (unpaired) electrons. The maximum Gasteiger partial charge on any atom is 0.246 e. The van der Waals surface area contributed by atoms with Crippen molar-refractivity contribution in [2.24, 2.45) is 0 Å². The van der Waals surface area contributed by atoms with Crippen molar-refractivity contribution in [1.82, 2.24) is 24.0 Å².